The first-order valence-corrected chi connectivity index (χ1v) is 8.21. The summed E-state index contributed by atoms with van der Waals surface area (Å²) in [5.74, 6) is 3.80. The fourth-order valence-corrected chi connectivity index (χ4v) is 3.53. The van der Waals surface area contributed by atoms with Crippen LogP contribution in [0.4, 0.5) is 5.95 Å². The third-order valence-electron chi connectivity index (χ3n) is 4.76. The van der Waals surface area contributed by atoms with Crippen LogP contribution in [-0.4, -0.2) is 16.0 Å². The zero-order chi connectivity index (χ0) is 14.8. The van der Waals surface area contributed by atoms with E-state index in [0.717, 1.165) is 17.6 Å². The Labute approximate surface area is 130 Å². The molecular weight excluding hydrogens is 274 g/mol. The van der Waals surface area contributed by atoms with Crippen LogP contribution in [0.1, 0.15) is 32.1 Å². The highest BCUT2D eigenvalue weighted by Gasteiger charge is 2.43. The van der Waals surface area contributed by atoms with Crippen LogP contribution in [0.3, 0.4) is 0 Å². The zero-order valence-corrected chi connectivity index (χ0v) is 12.6. The van der Waals surface area contributed by atoms with Gasteiger partial charge >= 0.3 is 0 Å². The normalized spacial score (nSPS) is 24.2. The van der Waals surface area contributed by atoms with Gasteiger partial charge in [-0.15, -0.1) is 0 Å². The average Bonchev–Trinajstić information content (AvgIpc) is 3.09. The van der Waals surface area contributed by atoms with Crippen LogP contribution in [0.15, 0.2) is 42.6 Å². The third-order valence-corrected chi connectivity index (χ3v) is 4.76. The van der Waals surface area contributed by atoms with Gasteiger partial charge in [0.25, 0.3) is 0 Å². The standard InChI is InChI=1S/C18H21N3O/c1-2-8-14(9-3-1)22-17-10-11-19-18(21-17)20-16-12-15(16)13-6-4-5-7-13/h1-3,8-11,13,15-16H,4-7,12H2,(H,19,20,21). The number of benzene rings is 1. The van der Waals surface area contributed by atoms with Crippen LogP contribution >= 0.6 is 0 Å². The van der Waals surface area contributed by atoms with E-state index < -0.39 is 0 Å². The van der Waals surface area contributed by atoms with Crippen molar-refractivity contribution in [3.8, 4) is 11.6 Å². The molecule has 2 aliphatic rings. The van der Waals surface area contributed by atoms with Crippen molar-refractivity contribution in [2.24, 2.45) is 11.8 Å². The van der Waals surface area contributed by atoms with Gasteiger partial charge in [-0.05, 0) is 30.4 Å². The maximum Gasteiger partial charge on any atom is 0.226 e. The molecule has 4 nitrogen and oxygen atoms in total. The molecule has 0 spiro atoms. The average molecular weight is 295 g/mol. The summed E-state index contributed by atoms with van der Waals surface area (Å²) >= 11 is 0. The number of ether oxygens (including phenoxy) is 1. The van der Waals surface area contributed by atoms with Crippen LogP contribution in [-0.2, 0) is 0 Å². The molecule has 4 rings (SSSR count). The van der Waals surface area contributed by atoms with Gasteiger partial charge in [-0.25, -0.2) is 4.98 Å². The van der Waals surface area contributed by atoms with E-state index in [1.807, 2.05) is 30.3 Å². The van der Waals surface area contributed by atoms with Gasteiger partial charge in [0, 0.05) is 18.3 Å². The molecule has 2 fully saturated rings. The van der Waals surface area contributed by atoms with E-state index in [2.05, 4.69) is 15.3 Å². The van der Waals surface area contributed by atoms with E-state index in [-0.39, 0.29) is 0 Å². The SMILES string of the molecule is c1ccc(Oc2ccnc(NC3CC3C3CCCC3)n2)cc1. The predicted octanol–water partition coefficient (Wildman–Crippen LogP) is 4.26. The fraction of sp³-hybridized carbons (Fsp3) is 0.444. The molecular formula is C18H21N3O. The predicted molar refractivity (Wildman–Crippen MR) is 86.0 cm³/mol. The van der Waals surface area contributed by atoms with Crippen molar-refractivity contribution in [1.29, 1.82) is 0 Å². The third kappa shape index (κ3) is 3.06. The number of nitrogens with zero attached hydrogens (tertiary/aromatic N) is 2. The highest BCUT2D eigenvalue weighted by molar-refractivity contribution is 5.34. The lowest BCUT2D eigenvalue weighted by Gasteiger charge is -2.10. The zero-order valence-electron chi connectivity index (χ0n) is 12.6. The van der Waals surface area contributed by atoms with Crippen LogP contribution in [0.25, 0.3) is 0 Å². The summed E-state index contributed by atoms with van der Waals surface area (Å²) in [4.78, 5) is 8.78. The summed E-state index contributed by atoms with van der Waals surface area (Å²) in [5.41, 5.74) is 0. The molecule has 2 saturated carbocycles. The van der Waals surface area contributed by atoms with Gasteiger partial charge in [0.2, 0.25) is 11.8 Å². The number of hydrogen-bond acceptors (Lipinski definition) is 4. The summed E-state index contributed by atoms with van der Waals surface area (Å²) in [6, 6.07) is 12.1. The van der Waals surface area contributed by atoms with Crippen molar-refractivity contribution < 1.29 is 4.74 Å². The number of para-hydroxylation sites is 1. The van der Waals surface area contributed by atoms with Crippen LogP contribution < -0.4 is 10.1 Å². The number of anilines is 1. The Kier molecular flexibility index (Phi) is 3.67. The van der Waals surface area contributed by atoms with Crippen molar-refractivity contribution >= 4 is 5.95 Å². The molecule has 2 aromatic rings. The molecule has 0 amide bonds. The van der Waals surface area contributed by atoms with Gasteiger partial charge in [-0.2, -0.15) is 4.98 Å². The number of nitrogens with one attached hydrogen (secondary N) is 1. The number of hydrogen-bond donors (Lipinski definition) is 1. The van der Waals surface area contributed by atoms with Crippen LogP contribution in [0.2, 0.25) is 0 Å². The van der Waals surface area contributed by atoms with Crippen molar-refractivity contribution in [2.75, 3.05) is 5.32 Å². The fourth-order valence-electron chi connectivity index (χ4n) is 3.53. The first-order chi connectivity index (χ1) is 10.9. The maximum absolute atomic E-state index is 5.76. The first kappa shape index (κ1) is 13.6. The molecule has 1 N–H and O–H groups in total. The quantitative estimate of drug-likeness (QED) is 0.895. The molecule has 0 radical (unpaired) electrons. The molecule has 0 saturated heterocycles. The lowest BCUT2D eigenvalue weighted by molar-refractivity contribution is 0.461. The smallest absolute Gasteiger partial charge is 0.226 e. The van der Waals surface area contributed by atoms with E-state index in [0.29, 0.717) is 17.9 Å². The molecule has 1 aromatic heterocycles. The van der Waals surface area contributed by atoms with Gasteiger partial charge in [0.15, 0.2) is 0 Å². The number of aromatic nitrogens is 2. The lowest BCUT2D eigenvalue weighted by atomic mass is 10.0. The number of rotatable bonds is 5. The van der Waals surface area contributed by atoms with Gasteiger partial charge in [-0.1, -0.05) is 43.9 Å². The van der Waals surface area contributed by atoms with Gasteiger partial charge in [0.05, 0.1) is 0 Å². The van der Waals surface area contributed by atoms with E-state index in [1.165, 1.54) is 32.1 Å². The Morgan fingerprint density at radius 1 is 1.05 bits per heavy atom. The Morgan fingerprint density at radius 2 is 1.86 bits per heavy atom. The largest absolute Gasteiger partial charge is 0.439 e. The molecule has 0 bridgehead atoms. The minimum absolute atomic E-state index is 0.551. The summed E-state index contributed by atoms with van der Waals surface area (Å²) in [7, 11) is 0. The summed E-state index contributed by atoms with van der Waals surface area (Å²) in [5, 5.41) is 3.47. The minimum Gasteiger partial charge on any atom is -0.439 e. The van der Waals surface area contributed by atoms with E-state index in [1.54, 1.807) is 12.3 Å². The van der Waals surface area contributed by atoms with Crippen molar-refractivity contribution in [3.63, 3.8) is 0 Å². The van der Waals surface area contributed by atoms with Gasteiger partial charge in [-0.3, -0.25) is 0 Å². The van der Waals surface area contributed by atoms with Crippen molar-refractivity contribution in [3.05, 3.63) is 42.6 Å². The topological polar surface area (TPSA) is 47.0 Å². The molecule has 2 aliphatic carbocycles. The van der Waals surface area contributed by atoms with Crippen LogP contribution in [0.5, 0.6) is 11.6 Å². The summed E-state index contributed by atoms with van der Waals surface area (Å²) in [6.45, 7) is 0. The summed E-state index contributed by atoms with van der Waals surface area (Å²) in [6.07, 6.45) is 8.63. The molecule has 0 aliphatic heterocycles. The van der Waals surface area contributed by atoms with Crippen molar-refractivity contribution in [1.82, 2.24) is 9.97 Å². The van der Waals surface area contributed by atoms with Gasteiger partial charge < -0.3 is 10.1 Å². The Bertz CT molecular complexity index is 625. The van der Waals surface area contributed by atoms with Crippen molar-refractivity contribution in [2.45, 2.75) is 38.1 Å². The Hall–Kier alpha value is -2.10. The Balaban J connectivity index is 1.38. The van der Waals surface area contributed by atoms with E-state index in [9.17, 15) is 0 Å². The second-order valence-corrected chi connectivity index (χ2v) is 6.33. The molecule has 114 valence electrons. The first-order valence-electron chi connectivity index (χ1n) is 8.21. The van der Waals surface area contributed by atoms with Crippen LogP contribution in [0, 0.1) is 11.8 Å². The molecule has 2 unspecified atom stereocenters. The highest BCUT2D eigenvalue weighted by atomic mass is 16.5. The molecule has 22 heavy (non-hydrogen) atoms. The second-order valence-electron chi connectivity index (χ2n) is 6.33. The minimum atomic E-state index is 0.551. The second kappa shape index (κ2) is 5.95. The van der Waals surface area contributed by atoms with Gasteiger partial charge in [0.1, 0.15) is 5.75 Å². The molecule has 1 heterocycles. The molecule has 1 aromatic carbocycles. The van der Waals surface area contributed by atoms with E-state index in [4.69, 9.17) is 4.74 Å². The Morgan fingerprint density at radius 3 is 2.68 bits per heavy atom. The lowest BCUT2D eigenvalue weighted by Crippen LogP contribution is -2.11. The van der Waals surface area contributed by atoms with E-state index >= 15 is 0 Å². The monoisotopic (exact) mass is 295 g/mol. The molecule has 4 heteroatoms. The highest BCUT2D eigenvalue weighted by Crippen LogP contribution is 2.46. The maximum atomic E-state index is 5.76. The molecule has 2 atom stereocenters. The summed E-state index contributed by atoms with van der Waals surface area (Å²) < 4.78 is 5.76.